The zero-order valence-electron chi connectivity index (χ0n) is 15.8. The molecule has 30 heavy (non-hydrogen) atoms. The van der Waals surface area contributed by atoms with Gasteiger partial charge in [0.2, 0.25) is 5.88 Å². The second-order valence-corrected chi connectivity index (χ2v) is 7.72. The summed E-state index contributed by atoms with van der Waals surface area (Å²) in [4.78, 5) is 12.3. The van der Waals surface area contributed by atoms with Crippen LogP contribution in [0.25, 0.3) is 5.82 Å². The molecule has 0 spiro atoms. The van der Waals surface area contributed by atoms with Gasteiger partial charge in [-0.15, -0.1) is 0 Å². The van der Waals surface area contributed by atoms with Crippen LogP contribution >= 0.6 is 0 Å². The third-order valence-corrected chi connectivity index (χ3v) is 5.50. The first kappa shape index (κ1) is 19.4. The van der Waals surface area contributed by atoms with Gasteiger partial charge >= 0.3 is 0 Å². The standard InChI is InChI=1S/C20H17N5O4S/c1-28-17-4-2-3-5-18(17)30(26,27)24-15-6-8-16(9-7-15)29-20-12-19(22-13-23-20)25-11-10-21-14-25/h2-14,24H,1H3. The Hall–Kier alpha value is -3.92. The van der Waals surface area contributed by atoms with Crippen LogP contribution in [0.15, 0.2) is 84.5 Å². The number of sulfonamides is 1. The molecule has 0 fully saturated rings. The molecule has 152 valence electrons. The van der Waals surface area contributed by atoms with Crippen molar-refractivity contribution < 1.29 is 17.9 Å². The Kier molecular flexibility index (Phi) is 5.31. The number of benzene rings is 2. The van der Waals surface area contributed by atoms with Gasteiger partial charge in [0.1, 0.15) is 34.9 Å². The molecule has 1 N–H and O–H groups in total. The van der Waals surface area contributed by atoms with E-state index >= 15 is 0 Å². The maximum atomic E-state index is 12.7. The molecular weight excluding hydrogens is 406 g/mol. The third kappa shape index (κ3) is 4.23. The van der Waals surface area contributed by atoms with Gasteiger partial charge in [-0.2, -0.15) is 0 Å². The molecule has 0 saturated heterocycles. The molecule has 9 nitrogen and oxygen atoms in total. The first-order chi connectivity index (χ1) is 14.5. The normalized spacial score (nSPS) is 11.1. The van der Waals surface area contributed by atoms with Crippen molar-refractivity contribution in [3.8, 4) is 23.2 Å². The molecule has 4 rings (SSSR count). The van der Waals surface area contributed by atoms with Crippen LogP contribution < -0.4 is 14.2 Å². The molecule has 0 atom stereocenters. The van der Waals surface area contributed by atoms with Gasteiger partial charge in [0.25, 0.3) is 10.0 Å². The van der Waals surface area contributed by atoms with Gasteiger partial charge in [0, 0.05) is 24.1 Å². The number of aromatic nitrogens is 4. The van der Waals surface area contributed by atoms with E-state index in [1.165, 1.54) is 19.5 Å². The summed E-state index contributed by atoms with van der Waals surface area (Å²) >= 11 is 0. The Labute approximate surface area is 173 Å². The molecule has 0 bridgehead atoms. The van der Waals surface area contributed by atoms with Gasteiger partial charge < -0.3 is 9.47 Å². The van der Waals surface area contributed by atoms with Crippen LogP contribution in [0.2, 0.25) is 0 Å². The van der Waals surface area contributed by atoms with Crippen molar-refractivity contribution in [2.45, 2.75) is 4.90 Å². The Morgan fingerprint density at radius 3 is 2.57 bits per heavy atom. The second kappa shape index (κ2) is 8.21. The number of anilines is 1. The monoisotopic (exact) mass is 423 g/mol. The summed E-state index contributed by atoms with van der Waals surface area (Å²) in [6, 6.07) is 14.5. The number of rotatable bonds is 7. The molecular formula is C20H17N5O4S. The average molecular weight is 423 g/mol. The number of methoxy groups -OCH3 is 1. The molecule has 0 unspecified atom stereocenters. The summed E-state index contributed by atoms with van der Waals surface area (Å²) in [6.45, 7) is 0. The fraction of sp³-hybridized carbons (Fsp3) is 0.0500. The lowest BCUT2D eigenvalue weighted by atomic mass is 10.3. The van der Waals surface area contributed by atoms with E-state index in [0.717, 1.165) is 0 Å². The van der Waals surface area contributed by atoms with Crippen molar-refractivity contribution in [3.05, 3.63) is 79.6 Å². The number of ether oxygens (including phenoxy) is 2. The van der Waals surface area contributed by atoms with Gasteiger partial charge in [-0.05, 0) is 36.4 Å². The van der Waals surface area contributed by atoms with Crippen LogP contribution in [-0.2, 0) is 10.0 Å². The summed E-state index contributed by atoms with van der Waals surface area (Å²) in [5, 5.41) is 0. The summed E-state index contributed by atoms with van der Waals surface area (Å²) in [7, 11) is -2.38. The first-order valence-corrected chi connectivity index (χ1v) is 10.3. The molecule has 0 aliphatic carbocycles. The van der Waals surface area contributed by atoms with Crippen molar-refractivity contribution >= 4 is 15.7 Å². The van der Waals surface area contributed by atoms with Gasteiger partial charge in [-0.25, -0.2) is 23.4 Å². The molecule has 2 aromatic carbocycles. The number of para-hydroxylation sites is 1. The lowest BCUT2D eigenvalue weighted by molar-refractivity contribution is 0.403. The minimum atomic E-state index is -3.80. The van der Waals surface area contributed by atoms with Crippen molar-refractivity contribution in [2.75, 3.05) is 11.8 Å². The first-order valence-electron chi connectivity index (χ1n) is 8.79. The summed E-state index contributed by atoms with van der Waals surface area (Å²) in [5.41, 5.74) is 0.384. The zero-order chi connectivity index (χ0) is 21.0. The lowest BCUT2D eigenvalue weighted by Gasteiger charge is -2.12. The van der Waals surface area contributed by atoms with Crippen molar-refractivity contribution in [3.63, 3.8) is 0 Å². The van der Waals surface area contributed by atoms with Crippen LogP contribution in [0.4, 0.5) is 5.69 Å². The zero-order valence-corrected chi connectivity index (χ0v) is 16.7. The van der Waals surface area contributed by atoms with Crippen LogP contribution in [-0.4, -0.2) is 35.0 Å². The van der Waals surface area contributed by atoms with Crippen molar-refractivity contribution in [1.82, 2.24) is 19.5 Å². The van der Waals surface area contributed by atoms with Gasteiger partial charge in [0.15, 0.2) is 0 Å². The predicted molar refractivity (Wildman–Crippen MR) is 109 cm³/mol. The molecule has 10 heteroatoms. The van der Waals surface area contributed by atoms with Crippen molar-refractivity contribution in [1.29, 1.82) is 0 Å². The minimum absolute atomic E-state index is 0.0563. The third-order valence-electron chi connectivity index (χ3n) is 4.08. The topological polar surface area (TPSA) is 108 Å². The molecule has 0 amide bonds. The molecule has 0 aliphatic heterocycles. The maximum absolute atomic E-state index is 12.7. The van der Waals surface area contributed by atoms with E-state index < -0.39 is 10.0 Å². The quantitative estimate of drug-likeness (QED) is 0.486. The van der Waals surface area contributed by atoms with E-state index in [0.29, 0.717) is 23.1 Å². The molecule has 0 aliphatic rings. The van der Waals surface area contributed by atoms with Crippen LogP contribution in [0, 0.1) is 0 Å². The van der Waals surface area contributed by atoms with E-state index in [4.69, 9.17) is 9.47 Å². The maximum Gasteiger partial charge on any atom is 0.265 e. The molecule has 2 aromatic heterocycles. The summed E-state index contributed by atoms with van der Waals surface area (Å²) in [6.07, 6.45) is 6.41. The Balaban J connectivity index is 1.49. The van der Waals surface area contributed by atoms with Crippen LogP contribution in [0.5, 0.6) is 17.4 Å². The van der Waals surface area contributed by atoms with E-state index in [1.54, 1.807) is 71.8 Å². The number of nitrogens with one attached hydrogen (secondary N) is 1. The summed E-state index contributed by atoms with van der Waals surface area (Å²) in [5.74, 6) is 1.71. The average Bonchev–Trinajstić information content (AvgIpc) is 3.30. The molecule has 4 aromatic rings. The van der Waals surface area contributed by atoms with E-state index in [9.17, 15) is 8.42 Å². The fourth-order valence-electron chi connectivity index (χ4n) is 2.68. The predicted octanol–water partition coefficient (Wildman–Crippen LogP) is 3.26. The molecule has 0 saturated carbocycles. The van der Waals surface area contributed by atoms with Gasteiger partial charge in [0.05, 0.1) is 7.11 Å². The highest BCUT2D eigenvalue weighted by Gasteiger charge is 2.19. The van der Waals surface area contributed by atoms with Crippen LogP contribution in [0.3, 0.4) is 0 Å². The summed E-state index contributed by atoms with van der Waals surface area (Å²) < 4.78 is 40.5. The highest BCUT2D eigenvalue weighted by atomic mass is 32.2. The molecule has 0 radical (unpaired) electrons. The van der Waals surface area contributed by atoms with Crippen molar-refractivity contribution in [2.24, 2.45) is 0 Å². The molecule has 2 heterocycles. The van der Waals surface area contributed by atoms with Crippen LogP contribution in [0.1, 0.15) is 0 Å². The highest BCUT2D eigenvalue weighted by Crippen LogP contribution is 2.27. The number of imidazole rings is 1. The van der Waals surface area contributed by atoms with Gasteiger partial charge in [-0.3, -0.25) is 9.29 Å². The largest absolute Gasteiger partial charge is 0.495 e. The number of hydrogen-bond acceptors (Lipinski definition) is 7. The Bertz CT molecular complexity index is 1240. The Morgan fingerprint density at radius 2 is 1.83 bits per heavy atom. The van der Waals surface area contributed by atoms with Gasteiger partial charge in [-0.1, -0.05) is 12.1 Å². The number of hydrogen-bond donors (Lipinski definition) is 1. The fourth-order valence-corrected chi connectivity index (χ4v) is 3.91. The lowest BCUT2D eigenvalue weighted by Crippen LogP contribution is -2.13. The highest BCUT2D eigenvalue weighted by molar-refractivity contribution is 7.92. The van der Waals surface area contributed by atoms with E-state index in [-0.39, 0.29) is 10.6 Å². The SMILES string of the molecule is COc1ccccc1S(=O)(=O)Nc1ccc(Oc2cc(-n3ccnc3)ncn2)cc1. The Morgan fingerprint density at radius 1 is 1.03 bits per heavy atom. The second-order valence-electron chi connectivity index (χ2n) is 6.07. The minimum Gasteiger partial charge on any atom is -0.495 e. The van der Waals surface area contributed by atoms with E-state index in [1.807, 2.05) is 0 Å². The van der Waals surface area contributed by atoms with E-state index in [2.05, 4.69) is 19.7 Å². The smallest absolute Gasteiger partial charge is 0.265 e. The number of nitrogens with zero attached hydrogens (tertiary/aromatic N) is 4.